The van der Waals surface area contributed by atoms with Crippen molar-refractivity contribution in [3.05, 3.63) is 52.4 Å². The highest BCUT2D eigenvalue weighted by molar-refractivity contribution is 6.30. The van der Waals surface area contributed by atoms with E-state index in [9.17, 15) is 4.39 Å². The molecule has 0 aliphatic rings. The third kappa shape index (κ3) is 3.39. The van der Waals surface area contributed by atoms with Crippen molar-refractivity contribution in [2.45, 2.75) is 12.5 Å². The summed E-state index contributed by atoms with van der Waals surface area (Å²) >= 11 is 5.70. The number of hydrogen-bond acceptors (Lipinski definition) is 4. The zero-order valence-electron chi connectivity index (χ0n) is 10.3. The molecule has 0 aliphatic carbocycles. The number of benzene rings is 1. The highest BCUT2D eigenvalue weighted by Gasteiger charge is 2.12. The fourth-order valence-electron chi connectivity index (χ4n) is 1.67. The van der Waals surface area contributed by atoms with E-state index >= 15 is 0 Å². The maximum atomic E-state index is 13.6. The number of nitrogens with two attached hydrogens (primary N) is 1. The smallest absolute Gasteiger partial charge is 0.233 e. The van der Waals surface area contributed by atoms with Crippen LogP contribution in [-0.4, -0.2) is 17.3 Å². The van der Waals surface area contributed by atoms with Crippen LogP contribution in [-0.2, 0) is 6.42 Å². The second-order valence-electron chi connectivity index (χ2n) is 4.05. The third-order valence-corrected chi connectivity index (χ3v) is 2.94. The van der Waals surface area contributed by atoms with Crippen LogP contribution >= 0.6 is 11.6 Å². The van der Waals surface area contributed by atoms with Crippen molar-refractivity contribution in [1.82, 2.24) is 10.2 Å². The molecule has 0 saturated heterocycles. The molecule has 0 bridgehead atoms. The van der Waals surface area contributed by atoms with E-state index < -0.39 is 6.04 Å². The summed E-state index contributed by atoms with van der Waals surface area (Å²) in [5.41, 5.74) is 7.06. The van der Waals surface area contributed by atoms with Gasteiger partial charge in [-0.05, 0) is 30.2 Å². The van der Waals surface area contributed by atoms with Gasteiger partial charge in [-0.3, -0.25) is 0 Å². The molecule has 0 fully saturated rings. The molecule has 0 spiro atoms. The molecule has 1 aromatic carbocycles. The van der Waals surface area contributed by atoms with E-state index in [0.717, 1.165) is 0 Å². The van der Waals surface area contributed by atoms with Crippen LogP contribution in [0.3, 0.4) is 0 Å². The molecule has 1 unspecified atom stereocenters. The van der Waals surface area contributed by atoms with Gasteiger partial charge in [0.2, 0.25) is 5.88 Å². The van der Waals surface area contributed by atoms with Gasteiger partial charge in [-0.1, -0.05) is 17.7 Å². The van der Waals surface area contributed by atoms with Gasteiger partial charge in [0.05, 0.1) is 18.8 Å². The lowest BCUT2D eigenvalue weighted by molar-refractivity contribution is 0.390. The zero-order valence-corrected chi connectivity index (χ0v) is 11.1. The number of rotatable bonds is 4. The molecule has 0 amide bonds. The van der Waals surface area contributed by atoms with Crippen LogP contribution in [0.1, 0.15) is 17.3 Å². The van der Waals surface area contributed by atoms with Gasteiger partial charge in [-0.15, -0.1) is 5.10 Å². The maximum Gasteiger partial charge on any atom is 0.233 e. The Labute approximate surface area is 115 Å². The first-order valence-electron chi connectivity index (χ1n) is 5.67. The van der Waals surface area contributed by atoms with Gasteiger partial charge in [0.1, 0.15) is 5.82 Å². The van der Waals surface area contributed by atoms with Crippen molar-refractivity contribution in [3.8, 4) is 5.88 Å². The average Bonchev–Trinajstić information content (AvgIpc) is 2.42. The minimum absolute atomic E-state index is 0.323. The fourth-order valence-corrected chi connectivity index (χ4v) is 1.82. The Morgan fingerprint density at radius 2 is 2.11 bits per heavy atom. The van der Waals surface area contributed by atoms with Crippen molar-refractivity contribution in [3.63, 3.8) is 0 Å². The van der Waals surface area contributed by atoms with E-state index in [0.29, 0.717) is 28.6 Å². The van der Waals surface area contributed by atoms with E-state index in [1.54, 1.807) is 24.3 Å². The molecule has 1 atom stereocenters. The van der Waals surface area contributed by atoms with Crippen LogP contribution in [0, 0.1) is 5.82 Å². The minimum atomic E-state index is -0.436. The quantitative estimate of drug-likeness (QED) is 0.935. The average molecular weight is 282 g/mol. The van der Waals surface area contributed by atoms with Crippen molar-refractivity contribution < 1.29 is 9.13 Å². The lowest BCUT2D eigenvalue weighted by Gasteiger charge is -2.11. The molecule has 19 heavy (non-hydrogen) atoms. The second-order valence-corrected chi connectivity index (χ2v) is 4.48. The first kappa shape index (κ1) is 13.7. The van der Waals surface area contributed by atoms with Gasteiger partial charge in [0.15, 0.2) is 0 Å². The molecular formula is C13H13ClFN3O. The first-order chi connectivity index (χ1) is 9.10. The Bertz CT molecular complexity index is 562. The molecule has 1 aromatic heterocycles. The summed E-state index contributed by atoms with van der Waals surface area (Å²) in [7, 11) is 1.51. The standard InChI is InChI=1S/C13H13ClFN3O/c1-19-13-5-4-12(17-18-13)11(16)6-8-2-3-9(14)7-10(8)15/h2-5,7,11H,6,16H2,1H3. The summed E-state index contributed by atoms with van der Waals surface area (Å²) in [4.78, 5) is 0. The summed E-state index contributed by atoms with van der Waals surface area (Å²) < 4.78 is 18.6. The van der Waals surface area contributed by atoms with Crippen LogP contribution in [0.2, 0.25) is 5.02 Å². The lowest BCUT2D eigenvalue weighted by atomic mass is 10.0. The number of nitrogens with zero attached hydrogens (tertiary/aromatic N) is 2. The van der Waals surface area contributed by atoms with E-state index in [1.807, 2.05) is 0 Å². The zero-order chi connectivity index (χ0) is 13.8. The Kier molecular flexibility index (Phi) is 4.29. The molecule has 6 heteroatoms. The van der Waals surface area contributed by atoms with Crippen molar-refractivity contribution in [1.29, 1.82) is 0 Å². The molecule has 2 aromatic rings. The summed E-state index contributed by atoms with van der Waals surface area (Å²) in [6, 6.07) is 7.46. The third-order valence-electron chi connectivity index (χ3n) is 2.70. The normalized spacial score (nSPS) is 12.2. The minimum Gasteiger partial charge on any atom is -0.480 e. The van der Waals surface area contributed by atoms with E-state index in [2.05, 4.69) is 10.2 Å². The number of halogens is 2. The molecule has 0 radical (unpaired) electrons. The molecule has 2 rings (SSSR count). The second kappa shape index (κ2) is 5.95. The van der Waals surface area contributed by atoms with E-state index in [4.69, 9.17) is 22.1 Å². The largest absolute Gasteiger partial charge is 0.480 e. The summed E-state index contributed by atoms with van der Waals surface area (Å²) in [5.74, 6) is 0.0399. The SMILES string of the molecule is COc1ccc(C(N)Cc2ccc(Cl)cc2F)nn1. The highest BCUT2D eigenvalue weighted by atomic mass is 35.5. The molecule has 2 N–H and O–H groups in total. The monoisotopic (exact) mass is 281 g/mol. The molecule has 1 heterocycles. The Balaban J connectivity index is 2.13. The topological polar surface area (TPSA) is 61.0 Å². The summed E-state index contributed by atoms with van der Waals surface area (Å²) in [5, 5.41) is 8.13. The molecule has 0 saturated carbocycles. The van der Waals surface area contributed by atoms with E-state index in [-0.39, 0.29) is 5.82 Å². The van der Waals surface area contributed by atoms with Gasteiger partial charge in [0.25, 0.3) is 0 Å². The highest BCUT2D eigenvalue weighted by Crippen LogP contribution is 2.20. The van der Waals surface area contributed by atoms with Crippen LogP contribution in [0.25, 0.3) is 0 Å². The number of aromatic nitrogens is 2. The van der Waals surface area contributed by atoms with Crippen molar-refractivity contribution >= 4 is 11.6 Å². The van der Waals surface area contributed by atoms with Crippen LogP contribution in [0.5, 0.6) is 5.88 Å². The molecule has 0 aliphatic heterocycles. The van der Waals surface area contributed by atoms with Gasteiger partial charge >= 0.3 is 0 Å². The number of ether oxygens (including phenoxy) is 1. The molecule has 4 nitrogen and oxygen atoms in total. The fraction of sp³-hybridized carbons (Fsp3) is 0.231. The Hall–Kier alpha value is -1.72. The lowest BCUT2D eigenvalue weighted by Crippen LogP contribution is -2.16. The van der Waals surface area contributed by atoms with Gasteiger partial charge in [-0.2, -0.15) is 5.10 Å². The maximum absolute atomic E-state index is 13.6. The van der Waals surface area contributed by atoms with Gasteiger partial charge in [-0.25, -0.2) is 4.39 Å². The summed E-state index contributed by atoms with van der Waals surface area (Å²) in [6.45, 7) is 0. The van der Waals surface area contributed by atoms with Crippen molar-refractivity contribution in [2.75, 3.05) is 7.11 Å². The predicted molar refractivity (Wildman–Crippen MR) is 70.6 cm³/mol. The van der Waals surface area contributed by atoms with Gasteiger partial charge < -0.3 is 10.5 Å². The van der Waals surface area contributed by atoms with E-state index in [1.165, 1.54) is 13.2 Å². The Morgan fingerprint density at radius 3 is 2.68 bits per heavy atom. The van der Waals surface area contributed by atoms with Crippen LogP contribution in [0.15, 0.2) is 30.3 Å². The summed E-state index contributed by atoms with van der Waals surface area (Å²) in [6.07, 6.45) is 0.323. The van der Waals surface area contributed by atoms with Gasteiger partial charge in [0, 0.05) is 11.1 Å². The number of methoxy groups -OCH3 is 1. The Morgan fingerprint density at radius 1 is 1.32 bits per heavy atom. The van der Waals surface area contributed by atoms with Crippen LogP contribution in [0.4, 0.5) is 4.39 Å². The van der Waals surface area contributed by atoms with Crippen LogP contribution < -0.4 is 10.5 Å². The predicted octanol–water partition coefficient (Wildman–Crippen LogP) is 2.52. The van der Waals surface area contributed by atoms with Crippen molar-refractivity contribution in [2.24, 2.45) is 5.73 Å². The first-order valence-corrected chi connectivity index (χ1v) is 6.05. The molecule has 100 valence electrons. The molecular weight excluding hydrogens is 269 g/mol. The number of hydrogen-bond donors (Lipinski definition) is 1.